The average Bonchev–Trinajstić information content (AvgIpc) is 3.42. The van der Waals surface area contributed by atoms with E-state index in [4.69, 9.17) is 28.7 Å². The van der Waals surface area contributed by atoms with Crippen molar-refractivity contribution in [1.82, 2.24) is 19.5 Å². The van der Waals surface area contributed by atoms with E-state index in [9.17, 15) is 4.79 Å². The van der Waals surface area contributed by atoms with Crippen LogP contribution in [0.1, 0.15) is 20.3 Å². The van der Waals surface area contributed by atoms with Crippen LogP contribution in [0.4, 0.5) is 5.69 Å². The van der Waals surface area contributed by atoms with Crippen molar-refractivity contribution in [2.45, 2.75) is 38.5 Å². The van der Waals surface area contributed by atoms with E-state index in [-0.39, 0.29) is 24.7 Å². The van der Waals surface area contributed by atoms with Gasteiger partial charge in [-0.1, -0.05) is 0 Å². The van der Waals surface area contributed by atoms with E-state index in [1.807, 2.05) is 36.9 Å². The molecule has 2 aliphatic rings. The molecule has 1 N–H and O–H groups in total. The number of nitrogens with one attached hydrogen (secondary N) is 1. The molecule has 37 heavy (non-hydrogen) atoms. The molecule has 4 heterocycles. The Balaban J connectivity index is 1.54. The van der Waals surface area contributed by atoms with Gasteiger partial charge in [0.2, 0.25) is 0 Å². The highest BCUT2D eigenvalue weighted by molar-refractivity contribution is 5.84. The van der Waals surface area contributed by atoms with Crippen LogP contribution in [0.15, 0.2) is 30.6 Å². The average molecular weight is 512 g/mol. The molecule has 11 heteroatoms. The first-order valence-corrected chi connectivity index (χ1v) is 12.5. The molecule has 198 valence electrons. The summed E-state index contributed by atoms with van der Waals surface area (Å²) in [4.78, 5) is 19.8. The van der Waals surface area contributed by atoms with Crippen LogP contribution in [-0.2, 0) is 14.3 Å². The minimum Gasteiger partial charge on any atom is -0.491 e. The van der Waals surface area contributed by atoms with Gasteiger partial charge >= 0.3 is 0 Å². The molecular weight excluding hydrogens is 478 g/mol. The monoisotopic (exact) mass is 511 g/mol. The number of aromatic nitrogens is 3. The first kappa shape index (κ1) is 25.1. The summed E-state index contributed by atoms with van der Waals surface area (Å²) in [6.45, 7) is 6.06. The lowest BCUT2D eigenvalue weighted by Gasteiger charge is -2.25. The summed E-state index contributed by atoms with van der Waals surface area (Å²) in [5, 5.41) is 7.95. The van der Waals surface area contributed by atoms with Gasteiger partial charge in [0.25, 0.3) is 11.8 Å². The van der Waals surface area contributed by atoms with Gasteiger partial charge < -0.3 is 33.9 Å². The predicted molar refractivity (Wildman–Crippen MR) is 136 cm³/mol. The van der Waals surface area contributed by atoms with Crippen molar-refractivity contribution in [3.05, 3.63) is 30.6 Å². The van der Waals surface area contributed by atoms with Crippen LogP contribution in [0.5, 0.6) is 17.4 Å². The number of amides is 1. The second kappa shape index (κ2) is 10.8. The third-order valence-electron chi connectivity index (χ3n) is 6.42. The smallest absolute Gasteiger partial charge is 0.260 e. The van der Waals surface area contributed by atoms with Crippen molar-refractivity contribution >= 4 is 17.2 Å². The van der Waals surface area contributed by atoms with Gasteiger partial charge in [-0.2, -0.15) is 10.1 Å². The van der Waals surface area contributed by atoms with E-state index >= 15 is 0 Å². The van der Waals surface area contributed by atoms with Crippen molar-refractivity contribution in [3.8, 4) is 28.5 Å². The molecular formula is C26H33N5O6. The maximum Gasteiger partial charge on any atom is 0.260 e. The molecule has 1 amide bonds. The molecule has 4 bridgehead atoms. The Morgan fingerprint density at radius 2 is 2.08 bits per heavy atom. The number of benzene rings is 1. The molecule has 5 rings (SSSR count). The number of rotatable bonds is 7. The quantitative estimate of drug-likeness (QED) is 0.479. The molecule has 0 aliphatic carbocycles. The van der Waals surface area contributed by atoms with Crippen LogP contribution in [0.2, 0.25) is 0 Å². The van der Waals surface area contributed by atoms with Gasteiger partial charge in [0, 0.05) is 43.9 Å². The highest BCUT2D eigenvalue weighted by Crippen LogP contribution is 2.34. The number of ether oxygens (including phenoxy) is 5. The first-order valence-electron chi connectivity index (χ1n) is 12.5. The fourth-order valence-electron chi connectivity index (χ4n) is 4.72. The van der Waals surface area contributed by atoms with Gasteiger partial charge in [-0.05, 0) is 31.5 Å². The van der Waals surface area contributed by atoms with Gasteiger partial charge in [0.15, 0.2) is 11.4 Å². The van der Waals surface area contributed by atoms with E-state index in [0.717, 1.165) is 22.6 Å². The van der Waals surface area contributed by atoms with Crippen LogP contribution in [0.25, 0.3) is 16.8 Å². The molecule has 2 aliphatic heterocycles. The van der Waals surface area contributed by atoms with Crippen LogP contribution in [-0.4, -0.2) is 90.8 Å². The van der Waals surface area contributed by atoms with E-state index in [2.05, 4.69) is 10.4 Å². The Hall–Kier alpha value is -3.57. The van der Waals surface area contributed by atoms with Crippen molar-refractivity contribution in [2.75, 3.05) is 52.4 Å². The highest BCUT2D eigenvalue weighted by Gasteiger charge is 2.40. The van der Waals surface area contributed by atoms with E-state index in [0.29, 0.717) is 50.0 Å². The maximum absolute atomic E-state index is 13.2. The summed E-state index contributed by atoms with van der Waals surface area (Å²) in [6.07, 6.45) is 3.52. The zero-order valence-electron chi connectivity index (χ0n) is 21.6. The lowest BCUT2D eigenvalue weighted by atomic mass is 10.1. The van der Waals surface area contributed by atoms with E-state index in [1.165, 1.54) is 0 Å². The molecule has 1 aromatic carbocycles. The minimum absolute atomic E-state index is 0.0120. The fourth-order valence-corrected chi connectivity index (χ4v) is 4.72. The molecule has 2 atom stereocenters. The van der Waals surface area contributed by atoms with E-state index < -0.39 is 6.10 Å². The molecule has 1 saturated heterocycles. The van der Waals surface area contributed by atoms with Gasteiger partial charge in [0.05, 0.1) is 44.9 Å². The van der Waals surface area contributed by atoms with E-state index in [1.54, 1.807) is 31.1 Å². The fraction of sp³-hybridized carbons (Fsp3) is 0.500. The number of fused-ring (bicyclic) bond motifs is 5. The topological polar surface area (TPSA) is 109 Å². The number of anilines is 1. The van der Waals surface area contributed by atoms with Gasteiger partial charge in [-0.25, -0.2) is 4.52 Å². The molecule has 1 fully saturated rings. The van der Waals surface area contributed by atoms with Crippen molar-refractivity contribution in [2.24, 2.45) is 0 Å². The molecule has 0 saturated carbocycles. The third kappa shape index (κ3) is 5.28. The number of hydrogen-bond acceptors (Lipinski definition) is 9. The van der Waals surface area contributed by atoms with Crippen LogP contribution in [0, 0.1) is 0 Å². The summed E-state index contributed by atoms with van der Waals surface area (Å²) in [5.41, 5.74) is 3.25. The Morgan fingerprint density at radius 3 is 2.86 bits per heavy atom. The molecule has 0 spiro atoms. The Bertz CT molecular complexity index is 1260. The molecule has 11 nitrogen and oxygen atoms in total. The molecule has 0 radical (unpaired) electrons. The highest BCUT2D eigenvalue weighted by atomic mass is 16.5. The number of hydrogen-bond donors (Lipinski definition) is 1. The number of methoxy groups -OCH3 is 2. The number of carbonyl (C=O) groups excluding carboxylic acids is 1. The Morgan fingerprint density at radius 1 is 1.22 bits per heavy atom. The Labute approximate surface area is 215 Å². The second-order valence-electron chi connectivity index (χ2n) is 9.36. The van der Waals surface area contributed by atoms with Gasteiger partial charge in [0.1, 0.15) is 18.5 Å². The summed E-state index contributed by atoms with van der Waals surface area (Å²) in [6, 6.07) is 5.79. The normalized spacial score (nSPS) is 19.5. The first-order chi connectivity index (χ1) is 18.0. The zero-order chi connectivity index (χ0) is 25.9. The van der Waals surface area contributed by atoms with Crippen molar-refractivity contribution in [3.63, 3.8) is 0 Å². The van der Waals surface area contributed by atoms with Crippen molar-refractivity contribution < 1.29 is 28.5 Å². The summed E-state index contributed by atoms with van der Waals surface area (Å²) < 4.78 is 30.3. The number of carbonyl (C=O) groups is 1. The maximum atomic E-state index is 13.2. The minimum atomic E-state index is -0.535. The third-order valence-corrected chi connectivity index (χ3v) is 6.42. The van der Waals surface area contributed by atoms with Crippen LogP contribution >= 0.6 is 0 Å². The number of nitrogens with zero attached hydrogens (tertiary/aromatic N) is 4. The van der Waals surface area contributed by atoms with Crippen molar-refractivity contribution in [1.29, 1.82) is 0 Å². The summed E-state index contributed by atoms with van der Waals surface area (Å²) in [5.74, 6) is 1.48. The predicted octanol–water partition coefficient (Wildman–Crippen LogP) is 2.63. The zero-order valence-corrected chi connectivity index (χ0v) is 21.6. The van der Waals surface area contributed by atoms with Crippen LogP contribution in [0.3, 0.4) is 0 Å². The molecule has 2 aromatic heterocycles. The molecule has 3 aromatic rings. The standard InChI is InChI=1S/C26H33N5O6/c1-16(2)37-20-10-17-9-18(11-20)27-5-6-30-19(12-22(26(30)32)35-8-7-33-3)15-36-25-23(34-4)14-31-24(29-25)21(17)13-28-31/h9-11,13-14,16,19,22,27H,5-8,12,15H2,1-4H3/t19-,22?/m0/s1. The Kier molecular flexibility index (Phi) is 7.33. The lowest BCUT2D eigenvalue weighted by Crippen LogP contribution is -2.41. The largest absolute Gasteiger partial charge is 0.491 e. The summed E-state index contributed by atoms with van der Waals surface area (Å²) in [7, 11) is 3.17. The van der Waals surface area contributed by atoms with Crippen LogP contribution < -0.4 is 19.5 Å². The van der Waals surface area contributed by atoms with Gasteiger partial charge in [-0.15, -0.1) is 0 Å². The van der Waals surface area contributed by atoms with Gasteiger partial charge in [-0.3, -0.25) is 4.79 Å². The lowest BCUT2D eigenvalue weighted by molar-refractivity contribution is -0.138. The molecule has 1 unspecified atom stereocenters. The SMILES string of the molecule is COCCOC1C[C@H]2COc3nc4c(cnn4cc3OC)-c3cc(cc(OC(C)C)c3)NCCN2C1=O. The summed E-state index contributed by atoms with van der Waals surface area (Å²) >= 11 is 0. The second-order valence-corrected chi connectivity index (χ2v) is 9.36.